The van der Waals surface area contributed by atoms with Gasteiger partial charge in [0.2, 0.25) is 0 Å². The molecule has 2 nitrogen and oxygen atoms in total. The zero-order valence-electron chi connectivity index (χ0n) is 9.01. The van der Waals surface area contributed by atoms with E-state index in [1.807, 2.05) is 0 Å². The lowest BCUT2D eigenvalue weighted by atomic mass is 10.0. The molecule has 0 saturated carbocycles. The Morgan fingerprint density at radius 2 is 2.06 bits per heavy atom. The molecule has 1 heterocycles. The summed E-state index contributed by atoms with van der Waals surface area (Å²) in [5, 5.41) is 2.90. The molecule has 5 heteroatoms. The minimum absolute atomic E-state index is 0.211. The number of rotatable bonds is 3. The number of hydrogen-bond donors (Lipinski definition) is 1. The first-order chi connectivity index (χ1) is 8.13. The van der Waals surface area contributed by atoms with Crippen LogP contribution < -0.4 is 5.32 Å². The van der Waals surface area contributed by atoms with Crippen molar-refractivity contribution in [3.05, 3.63) is 58.0 Å². The molecule has 0 radical (unpaired) electrons. The van der Waals surface area contributed by atoms with Gasteiger partial charge in [-0.15, -0.1) is 0 Å². The van der Waals surface area contributed by atoms with Crippen LogP contribution in [0.5, 0.6) is 0 Å². The minimum atomic E-state index is -0.532. The molecule has 1 N–H and O–H groups in total. The van der Waals surface area contributed by atoms with Crippen LogP contribution in [0.15, 0.2) is 39.4 Å². The smallest absolute Gasteiger partial charge is 0.139 e. The average molecular weight is 302 g/mol. The standard InChI is InChI=1S/C12H10BrF2NO/c1-16-11(12-9(13)4-5-17-12)8-6-7(14)2-3-10(8)15/h2-6,11,16H,1H3. The zero-order valence-corrected chi connectivity index (χ0v) is 10.6. The summed E-state index contributed by atoms with van der Waals surface area (Å²) in [5.41, 5.74) is 0.211. The Hall–Kier alpha value is -1.20. The van der Waals surface area contributed by atoms with Crippen molar-refractivity contribution in [3.8, 4) is 0 Å². The number of halogens is 3. The Labute approximate surface area is 106 Å². The van der Waals surface area contributed by atoms with Crippen molar-refractivity contribution in [1.29, 1.82) is 0 Å². The van der Waals surface area contributed by atoms with Crippen molar-refractivity contribution in [1.82, 2.24) is 5.32 Å². The Kier molecular flexibility index (Phi) is 3.59. The first-order valence-electron chi connectivity index (χ1n) is 4.98. The van der Waals surface area contributed by atoms with E-state index in [-0.39, 0.29) is 5.56 Å². The maximum absolute atomic E-state index is 13.7. The van der Waals surface area contributed by atoms with E-state index in [0.29, 0.717) is 10.2 Å². The lowest BCUT2D eigenvalue weighted by molar-refractivity contribution is 0.448. The van der Waals surface area contributed by atoms with Crippen LogP contribution in [0.2, 0.25) is 0 Å². The summed E-state index contributed by atoms with van der Waals surface area (Å²) in [6, 6.07) is 4.52. The molecule has 0 spiro atoms. The van der Waals surface area contributed by atoms with E-state index in [9.17, 15) is 8.78 Å². The summed E-state index contributed by atoms with van der Waals surface area (Å²) in [4.78, 5) is 0. The van der Waals surface area contributed by atoms with Gasteiger partial charge in [-0.1, -0.05) is 0 Å². The van der Waals surface area contributed by atoms with Crippen molar-refractivity contribution in [2.45, 2.75) is 6.04 Å². The summed E-state index contributed by atoms with van der Waals surface area (Å²) in [6.07, 6.45) is 1.49. The molecule has 17 heavy (non-hydrogen) atoms. The average Bonchev–Trinajstić information content (AvgIpc) is 2.71. The van der Waals surface area contributed by atoms with Crippen molar-refractivity contribution >= 4 is 15.9 Å². The van der Waals surface area contributed by atoms with Gasteiger partial charge in [-0.3, -0.25) is 0 Å². The van der Waals surface area contributed by atoms with Gasteiger partial charge in [-0.05, 0) is 47.2 Å². The Morgan fingerprint density at radius 3 is 2.65 bits per heavy atom. The number of nitrogens with one attached hydrogen (secondary N) is 1. The molecule has 1 aromatic heterocycles. The molecule has 0 amide bonds. The molecule has 0 aliphatic heterocycles. The number of benzene rings is 1. The molecule has 1 unspecified atom stereocenters. The van der Waals surface area contributed by atoms with Gasteiger partial charge in [0.05, 0.1) is 16.8 Å². The van der Waals surface area contributed by atoms with E-state index in [1.54, 1.807) is 13.1 Å². The van der Waals surface area contributed by atoms with Gasteiger partial charge in [0.25, 0.3) is 0 Å². The Balaban J connectivity index is 2.49. The highest BCUT2D eigenvalue weighted by molar-refractivity contribution is 9.10. The molecule has 2 aromatic rings. The molecule has 0 fully saturated rings. The van der Waals surface area contributed by atoms with E-state index >= 15 is 0 Å². The maximum atomic E-state index is 13.7. The van der Waals surface area contributed by atoms with Gasteiger partial charge < -0.3 is 9.73 Å². The minimum Gasteiger partial charge on any atom is -0.466 e. The van der Waals surface area contributed by atoms with Crippen LogP contribution in [0.4, 0.5) is 8.78 Å². The molecule has 2 rings (SSSR count). The maximum Gasteiger partial charge on any atom is 0.139 e. The molecule has 0 bridgehead atoms. The van der Waals surface area contributed by atoms with Crippen LogP contribution in [0, 0.1) is 11.6 Å². The summed E-state index contributed by atoms with van der Waals surface area (Å²) in [7, 11) is 1.66. The second-order valence-electron chi connectivity index (χ2n) is 3.52. The highest BCUT2D eigenvalue weighted by Gasteiger charge is 2.21. The monoisotopic (exact) mass is 301 g/mol. The zero-order chi connectivity index (χ0) is 12.4. The van der Waals surface area contributed by atoms with Gasteiger partial charge in [0, 0.05) is 5.56 Å². The lowest BCUT2D eigenvalue weighted by Crippen LogP contribution is -2.19. The summed E-state index contributed by atoms with van der Waals surface area (Å²) < 4.78 is 32.8. The molecule has 1 aromatic carbocycles. The van der Waals surface area contributed by atoms with Crippen molar-refractivity contribution in [2.24, 2.45) is 0 Å². The normalized spacial score (nSPS) is 12.7. The SMILES string of the molecule is CNC(c1cc(F)ccc1F)c1occc1Br. The second-order valence-corrected chi connectivity index (χ2v) is 4.37. The predicted molar refractivity (Wildman–Crippen MR) is 63.7 cm³/mol. The van der Waals surface area contributed by atoms with Gasteiger partial charge in [-0.2, -0.15) is 0 Å². The van der Waals surface area contributed by atoms with Gasteiger partial charge in [-0.25, -0.2) is 8.78 Å². The van der Waals surface area contributed by atoms with Crippen LogP contribution in [-0.2, 0) is 0 Å². The van der Waals surface area contributed by atoms with Crippen LogP contribution in [0.25, 0.3) is 0 Å². The van der Waals surface area contributed by atoms with Gasteiger partial charge >= 0.3 is 0 Å². The summed E-state index contributed by atoms with van der Waals surface area (Å²) in [5.74, 6) is -0.449. The van der Waals surface area contributed by atoms with Crippen molar-refractivity contribution in [2.75, 3.05) is 7.05 Å². The highest BCUT2D eigenvalue weighted by Crippen LogP contribution is 2.30. The fourth-order valence-corrected chi connectivity index (χ4v) is 2.11. The molecule has 90 valence electrons. The van der Waals surface area contributed by atoms with E-state index in [4.69, 9.17) is 4.42 Å². The molecule has 1 atom stereocenters. The molecule has 0 aliphatic carbocycles. The lowest BCUT2D eigenvalue weighted by Gasteiger charge is -2.15. The molecule has 0 aliphatic rings. The van der Waals surface area contributed by atoms with Gasteiger partial charge in [0.1, 0.15) is 17.4 Å². The van der Waals surface area contributed by atoms with Crippen LogP contribution in [0.1, 0.15) is 17.4 Å². The van der Waals surface area contributed by atoms with Gasteiger partial charge in [0.15, 0.2) is 0 Å². The fourth-order valence-electron chi connectivity index (χ4n) is 1.68. The van der Waals surface area contributed by atoms with E-state index in [0.717, 1.165) is 18.2 Å². The number of furan rings is 1. The summed E-state index contributed by atoms with van der Waals surface area (Å²) >= 11 is 3.30. The first kappa shape index (κ1) is 12.3. The van der Waals surface area contributed by atoms with Crippen LogP contribution in [0.3, 0.4) is 0 Å². The number of hydrogen-bond acceptors (Lipinski definition) is 2. The van der Waals surface area contributed by atoms with Crippen LogP contribution >= 0.6 is 15.9 Å². The molecule has 0 saturated heterocycles. The second kappa shape index (κ2) is 4.98. The van der Waals surface area contributed by atoms with E-state index in [2.05, 4.69) is 21.2 Å². The van der Waals surface area contributed by atoms with E-state index in [1.165, 1.54) is 6.26 Å². The third kappa shape index (κ3) is 2.40. The third-order valence-corrected chi connectivity index (χ3v) is 3.12. The van der Waals surface area contributed by atoms with Crippen molar-refractivity contribution < 1.29 is 13.2 Å². The Morgan fingerprint density at radius 1 is 1.29 bits per heavy atom. The van der Waals surface area contributed by atoms with Crippen LogP contribution in [-0.4, -0.2) is 7.05 Å². The highest BCUT2D eigenvalue weighted by atomic mass is 79.9. The fraction of sp³-hybridized carbons (Fsp3) is 0.167. The van der Waals surface area contributed by atoms with Crippen molar-refractivity contribution in [3.63, 3.8) is 0 Å². The van der Waals surface area contributed by atoms with E-state index < -0.39 is 17.7 Å². The first-order valence-corrected chi connectivity index (χ1v) is 5.78. The predicted octanol–water partition coefficient (Wildman–Crippen LogP) is 3.63. The summed E-state index contributed by atoms with van der Waals surface area (Å²) in [6.45, 7) is 0. The molecular weight excluding hydrogens is 292 g/mol. The largest absolute Gasteiger partial charge is 0.466 e. The Bertz CT molecular complexity index is 527. The third-order valence-electron chi connectivity index (χ3n) is 2.46. The molecular formula is C12H10BrF2NO. The quantitative estimate of drug-likeness (QED) is 0.936. The topological polar surface area (TPSA) is 25.2 Å².